The average Bonchev–Trinajstić information content (AvgIpc) is 2.19. The standard InChI is InChI=1S/C12H18N2/c1-4-6-8-11-9-13-10(3)12(14-11)7-5-2/h6,8-9H,4-5,7H2,1-3H3. The molecule has 0 aliphatic heterocycles. The summed E-state index contributed by atoms with van der Waals surface area (Å²) >= 11 is 0. The highest BCUT2D eigenvalue weighted by Gasteiger charge is 2.00. The minimum atomic E-state index is 0.973. The first-order valence-corrected chi connectivity index (χ1v) is 5.27. The van der Waals surface area contributed by atoms with E-state index in [1.807, 2.05) is 19.2 Å². The highest BCUT2D eigenvalue weighted by molar-refractivity contribution is 5.43. The third kappa shape index (κ3) is 2.95. The van der Waals surface area contributed by atoms with Crippen LogP contribution in [-0.2, 0) is 6.42 Å². The molecule has 0 bridgehead atoms. The molecule has 0 fully saturated rings. The predicted octanol–water partition coefficient (Wildman–Crippen LogP) is 3.16. The minimum absolute atomic E-state index is 0.973. The Morgan fingerprint density at radius 2 is 2.14 bits per heavy atom. The van der Waals surface area contributed by atoms with Gasteiger partial charge in [0.15, 0.2) is 0 Å². The Hall–Kier alpha value is -1.18. The Balaban J connectivity index is 2.88. The Morgan fingerprint density at radius 3 is 2.79 bits per heavy atom. The Kier molecular flexibility index (Phi) is 4.30. The van der Waals surface area contributed by atoms with Gasteiger partial charge in [-0.25, -0.2) is 4.98 Å². The summed E-state index contributed by atoms with van der Waals surface area (Å²) in [6.07, 6.45) is 9.16. The number of allylic oxidation sites excluding steroid dienone is 1. The molecule has 0 amide bonds. The van der Waals surface area contributed by atoms with Gasteiger partial charge in [-0.2, -0.15) is 0 Å². The Morgan fingerprint density at radius 1 is 1.36 bits per heavy atom. The van der Waals surface area contributed by atoms with E-state index in [0.717, 1.165) is 36.3 Å². The molecule has 0 aliphatic rings. The van der Waals surface area contributed by atoms with Gasteiger partial charge in [0, 0.05) is 0 Å². The van der Waals surface area contributed by atoms with Crippen LogP contribution in [0.4, 0.5) is 0 Å². The lowest BCUT2D eigenvalue weighted by Crippen LogP contribution is -1.98. The first kappa shape index (κ1) is 10.9. The molecule has 76 valence electrons. The zero-order valence-corrected chi connectivity index (χ0v) is 9.25. The van der Waals surface area contributed by atoms with Crippen LogP contribution in [0.5, 0.6) is 0 Å². The first-order chi connectivity index (χ1) is 6.77. The van der Waals surface area contributed by atoms with Crippen LogP contribution < -0.4 is 0 Å². The summed E-state index contributed by atoms with van der Waals surface area (Å²) in [5.74, 6) is 0. The summed E-state index contributed by atoms with van der Waals surface area (Å²) in [5, 5.41) is 0. The molecule has 0 spiro atoms. The highest BCUT2D eigenvalue weighted by Crippen LogP contribution is 2.07. The van der Waals surface area contributed by atoms with Crippen molar-refractivity contribution in [2.75, 3.05) is 0 Å². The van der Waals surface area contributed by atoms with E-state index in [9.17, 15) is 0 Å². The minimum Gasteiger partial charge on any atom is -0.257 e. The molecule has 1 rings (SSSR count). The van der Waals surface area contributed by atoms with Crippen LogP contribution in [0.2, 0.25) is 0 Å². The van der Waals surface area contributed by atoms with Crippen molar-refractivity contribution in [1.82, 2.24) is 9.97 Å². The van der Waals surface area contributed by atoms with Crippen molar-refractivity contribution in [1.29, 1.82) is 0 Å². The molecule has 0 unspecified atom stereocenters. The summed E-state index contributed by atoms with van der Waals surface area (Å²) in [6.45, 7) is 6.30. The van der Waals surface area contributed by atoms with Crippen LogP contribution in [0.15, 0.2) is 12.3 Å². The second-order valence-corrected chi connectivity index (χ2v) is 3.39. The van der Waals surface area contributed by atoms with Gasteiger partial charge in [0.25, 0.3) is 0 Å². The molecule has 2 nitrogen and oxygen atoms in total. The van der Waals surface area contributed by atoms with Crippen LogP contribution in [0.1, 0.15) is 43.8 Å². The van der Waals surface area contributed by atoms with Gasteiger partial charge in [0.1, 0.15) is 0 Å². The first-order valence-electron chi connectivity index (χ1n) is 5.27. The van der Waals surface area contributed by atoms with Crippen molar-refractivity contribution in [3.8, 4) is 0 Å². The van der Waals surface area contributed by atoms with E-state index in [4.69, 9.17) is 0 Å². The van der Waals surface area contributed by atoms with Gasteiger partial charge in [-0.15, -0.1) is 0 Å². The van der Waals surface area contributed by atoms with Gasteiger partial charge < -0.3 is 0 Å². The molecule has 0 aliphatic carbocycles. The summed E-state index contributed by atoms with van der Waals surface area (Å²) in [5.41, 5.74) is 3.16. The van der Waals surface area contributed by atoms with E-state index in [0.29, 0.717) is 0 Å². The zero-order valence-electron chi connectivity index (χ0n) is 9.25. The van der Waals surface area contributed by atoms with Crippen LogP contribution >= 0.6 is 0 Å². The summed E-state index contributed by atoms with van der Waals surface area (Å²) in [4.78, 5) is 8.89. The van der Waals surface area contributed by atoms with Crippen LogP contribution in [0.3, 0.4) is 0 Å². The van der Waals surface area contributed by atoms with Crippen molar-refractivity contribution < 1.29 is 0 Å². The largest absolute Gasteiger partial charge is 0.257 e. The average molecular weight is 190 g/mol. The lowest BCUT2D eigenvalue weighted by atomic mass is 10.2. The highest BCUT2D eigenvalue weighted by atomic mass is 14.8. The molecule has 1 heterocycles. The fourth-order valence-electron chi connectivity index (χ4n) is 1.30. The van der Waals surface area contributed by atoms with E-state index in [-0.39, 0.29) is 0 Å². The second kappa shape index (κ2) is 5.53. The molecular formula is C12H18N2. The molecule has 2 heteroatoms. The molecule has 14 heavy (non-hydrogen) atoms. The molecule has 1 aromatic heterocycles. The Labute approximate surface area is 86.1 Å². The number of rotatable bonds is 4. The maximum Gasteiger partial charge on any atom is 0.0813 e. The third-order valence-corrected chi connectivity index (χ3v) is 2.08. The lowest BCUT2D eigenvalue weighted by Gasteiger charge is -2.03. The molecule has 0 saturated carbocycles. The fraction of sp³-hybridized carbons (Fsp3) is 0.500. The number of aromatic nitrogens is 2. The van der Waals surface area contributed by atoms with Crippen molar-refractivity contribution >= 4 is 6.08 Å². The topological polar surface area (TPSA) is 25.8 Å². The van der Waals surface area contributed by atoms with Gasteiger partial charge in [-0.3, -0.25) is 4.98 Å². The van der Waals surface area contributed by atoms with Crippen LogP contribution in [0, 0.1) is 6.92 Å². The van der Waals surface area contributed by atoms with E-state index in [2.05, 4.69) is 29.9 Å². The van der Waals surface area contributed by atoms with Crippen LogP contribution in [-0.4, -0.2) is 9.97 Å². The fourth-order valence-corrected chi connectivity index (χ4v) is 1.30. The van der Waals surface area contributed by atoms with Crippen molar-refractivity contribution in [2.45, 2.75) is 40.0 Å². The molecule has 0 atom stereocenters. The molecule has 0 N–H and O–H groups in total. The van der Waals surface area contributed by atoms with E-state index < -0.39 is 0 Å². The summed E-state index contributed by atoms with van der Waals surface area (Å²) < 4.78 is 0. The third-order valence-electron chi connectivity index (χ3n) is 2.08. The summed E-state index contributed by atoms with van der Waals surface area (Å²) in [7, 11) is 0. The monoisotopic (exact) mass is 190 g/mol. The van der Waals surface area contributed by atoms with Crippen molar-refractivity contribution in [3.05, 3.63) is 29.4 Å². The lowest BCUT2D eigenvalue weighted by molar-refractivity contribution is 0.849. The van der Waals surface area contributed by atoms with Gasteiger partial charge >= 0.3 is 0 Å². The van der Waals surface area contributed by atoms with Gasteiger partial charge in [-0.05, 0) is 25.8 Å². The number of nitrogens with zero attached hydrogens (tertiary/aromatic N) is 2. The molecule has 1 aromatic rings. The van der Waals surface area contributed by atoms with Gasteiger partial charge in [0.05, 0.1) is 23.3 Å². The molecular weight excluding hydrogens is 172 g/mol. The smallest absolute Gasteiger partial charge is 0.0813 e. The van der Waals surface area contributed by atoms with E-state index in [1.54, 1.807) is 0 Å². The molecule has 0 aromatic carbocycles. The SMILES string of the molecule is CCC=Cc1cnc(C)c(CCC)n1. The summed E-state index contributed by atoms with van der Waals surface area (Å²) in [6, 6.07) is 0. The number of hydrogen-bond donors (Lipinski definition) is 0. The van der Waals surface area contributed by atoms with Gasteiger partial charge in [0.2, 0.25) is 0 Å². The van der Waals surface area contributed by atoms with Crippen molar-refractivity contribution in [3.63, 3.8) is 0 Å². The van der Waals surface area contributed by atoms with Gasteiger partial charge in [-0.1, -0.05) is 26.3 Å². The maximum absolute atomic E-state index is 4.55. The second-order valence-electron chi connectivity index (χ2n) is 3.39. The molecule has 0 radical (unpaired) electrons. The van der Waals surface area contributed by atoms with E-state index in [1.165, 1.54) is 0 Å². The quantitative estimate of drug-likeness (QED) is 0.728. The number of aryl methyl sites for hydroxylation is 2. The number of hydrogen-bond acceptors (Lipinski definition) is 2. The zero-order chi connectivity index (χ0) is 10.4. The van der Waals surface area contributed by atoms with E-state index >= 15 is 0 Å². The maximum atomic E-state index is 4.55. The molecule has 0 saturated heterocycles. The van der Waals surface area contributed by atoms with Crippen LogP contribution in [0.25, 0.3) is 6.08 Å². The van der Waals surface area contributed by atoms with Crippen molar-refractivity contribution in [2.24, 2.45) is 0 Å². The Bertz CT molecular complexity index is 316. The normalized spacial score (nSPS) is 11.1. The predicted molar refractivity (Wildman–Crippen MR) is 60.1 cm³/mol.